The number of carbonyl (C=O) groups excluding carboxylic acids is 1. The highest BCUT2D eigenvalue weighted by Crippen LogP contribution is 2.28. The molecule has 0 unspecified atom stereocenters. The Labute approximate surface area is 176 Å². The Morgan fingerprint density at radius 2 is 2.07 bits per heavy atom. The number of hydrogen-bond acceptors (Lipinski definition) is 4. The van der Waals surface area contributed by atoms with Gasteiger partial charge in [-0.15, -0.1) is 0 Å². The largest absolute Gasteiger partial charge is 0.348 e. The van der Waals surface area contributed by atoms with Gasteiger partial charge in [-0.3, -0.25) is 15.2 Å². The molecule has 1 aromatic rings. The molecule has 1 amide bonds. The molecule has 0 saturated heterocycles. The molecule has 0 heterocycles. The average molecular weight is 419 g/mol. The zero-order chi connectivity index (χ0) is 20.5. The maximum Gasteiger partial charge on any atom is 0.269 e. The van der Waals surface area contributed by atoms with Crippen molar-refractivity contribution in [3.63, 3.8) is 0 Å². The third kappa shape index (κ3) is 6.78. The van der Waals surface area contributed by atoms with Crippen molar-refractivity contribution in [2.45, 2.75) is 44.6 Å². The Balaban J connectivity index is 1.78. The Morgan fingerprint density at radius 3 is 2.64 bits per heavy atom. The molecule has 5 nitrogen and oxygen atoms in total. The van der Waals surface area contributed by atoms with E-state index in [2.05, 4.69) is 16.4 Å². The SMILES string of the molecule is CN=C(/C=C\C(=N)Cl)C(=O)NC1CCC(CCc2ccc(C#N)c(Cl)c2)CC1. The fourth-order valence-electron chi connectivity index (χ4n) is 3.43. The molecule has 28 heavy (non-hydrogen) atoms. The number of aryl methyl sites for hydroxylation is 1. The standard InChI is InChI=1S/C21H24Cl2N4O/c1-26-19(10-11-20(23)25)21(28)27-17-8-5-14(6-9-17)2-3-15-4-7-16(13-24)18(22)12-15/h4,7,10-12,14,17,25H,2-3,5-6,8-9H2,1H3,(H,27,28)/b11-10-,25-20?,26-19?. The van der Waals surface area contributed by atoms with Gasteiger partial charge in [-0.25, -0.2) is 0 Å². The van der Waals surface area contributed by atoms with Gasteiger partial charge in [-0.1, -0.05) is 29.3 Å². The van der Waals surface area contributed by atoms with Gasteiger partial charge in [-0.2, -0.15) is 5.26 Å². The van der Waals surface area contributed by atoms with Gasteiger partial charge in [0, 0.05) is 13.1 Å². The molecule has 2 rings (SSSR count). The topological polar surface area (TPSA) is 89.1 Å². The van der Waals surface area contributed by atoms with Crippen molar-refractivity contribution in [3.05, 3.63) is 46.5 Å². The number of hydrogen-bond donors (Lipinski definition) is 2. The van der Waals surface area contributed by atoms with Gasteiger partial charge in [0.1, 0.15) is 17.0 Å². The summed E-state index contributed by atoms with van der Waals surface area (Å²) in [4.78, 5) is 16.2. The van der Waals surface area contributed by atoms with Crippen LogP contribution in [-0.2, 0) is 11.2 Å². The number of benzene rings is 1. The first-order valence-corrected chi connectivity index (χ1v) is 10.1. The third-order valence-corrected chi connectivity index (χ3v) is 5.48. The highest BCUT2D eigenvalue weighted by molar-refractivity contribution is 6.67. The molecular weight excluding hydrogens is 395 g/mol. The van der Waals surface area contributed by atoms with Crippen LogP contribution in [0, 0.1) is 22.7 Å². The molecule has 0 aromatic heterocycles. The number of aliphatic imine (C=N–C) groups is 1. The van der Waals surface area contributed by atoms with Gasteiger partial charge >= 0.3 is 0 Å². The molecule has 1 aliphatic carbocycles. The summed E-state index contributed by atoms with van der Waals surface area (Å²) in [5.74, 6) is 0.394. The molecule has 0 atom stereocenters. The molecule has 148 valence electrons. The van der Waals surface area contributed by atoms with Gasteiger partial charge in [0.05, 0.1) is 10.6 Å². The van der Waals surface area contributed by atoms with Gasteiger partial charge in [0.25, 0.3) is 5.91 Å². The number of allylic oxidation sites excluding steroid dienone is 1. The van der Waals surface area contributed by atoms with Crippen molar-refractivity contribution in [2.24, 2.45) is 10.9 Å². The van der Waals surface area contributed by atoms with Crippen molar-refractivity contribution in [2.75, 3.05) is 7.05 Å². The molecular formula is C21H24Cl2N4O. The summed E-state index contributed by atoms with van der Waals surface area (Å²) in [6, 6.07) is 7.85. The predicted molar refractivity (Wildman–Crippen MR) is 114 cm³/mol. The molecule has 0 radical (unpaired) electrons. The minimum atomic E-state index is -0.229. The van der Waals surface area contributed by atoms with Crippen molar-refractivity contribution in [1.82, 2.24) is 5.32 Å². The second-order valence-electron chi connectivity index (χ2n) is 6.95. The molecule has 1 aliphatic rings. The fraction of sp³-hybridized carbons (Fsp3) is 0.429. The molecule has 0 spiro atoms. The number of rotatable bonds is 7. The lowest BCUT2D eigenvalue weighted by Gasteiger charge is -2.29. The number of amides is 1. The lowest BCUT2D eigenvalue weighted by Crippen LogP contribution is -2.40. The summed E-state index contributed by atoms with van der Waals surface area (Å²) >= 11 is 11.6. The van der Waals surface area contributed by atoms with Crippen molar-refractivity contribution in [3.8, 4) is 6.07 Å². The number of halogens is 2. The van der Waals surface area contributed by atoms with Crippen LogP contribution < -0.4 is 5.32 Å². The summed E-state index contributed by atoms with van der Waals surface area (Å²) in [6.45, 7) is 0. The molecule has 1 aromatic carbocycles. The fourth-order valence-corrected chi connectivity index (χ4v) is 3.74. The van der Waals surface area contributed by atoms with E-state index < -0.39 is 0 Å². The first-order chi connectivity index (χ1) is 13.4. The zero-order valence-corrected chi connectivity index (χ0v) is 17.4. The summed E-state index contributed by atoms with van der Waals surface area (Å²) in [5.41, 5.74) is 1.93. The van der Waals surface area contributed by atoms with Crippen molar-refractivity contribution in [1.29, 1.82) is 10.7 Å². The summed E-state index contributed by atoms with van der Waals surface area (Å²) in [7, 11) is 1.55. The third-order valence-electron chi connectivity index (χ3n) is 5.04. The van der Waals surface area contributed by atoms with Crippen LogP contribution in [0.3, 0.4) is 0 Å². The van der Waals surface area contributed by atoms with E-state index in [-0.39, 0.29) is 22.8 Å². The number of nitrogens with one attached hydrogen (secondary N) is 2. The van der Waals surface area contributed by atoms with E-state index in [1.807, 2.05) is 12.1 Å². The summed E-state index contributed by atoms with van der Waals surface area (Å²) in [6.07, 6.45) is 8.83. The zero-order valence-electron chi connectivity index (χ0n) is 15.8. The van der Waals surface area contributed by atoms with Crippen LogP contribution in [0.15, 0.2) is 35.3 Å². The van der Waals surface area contributed by atoms with Crippen LogP contribution in [0.1, 0.15) is 43.2 Å². The monoisotopic (exact) mass is 418 g/mol. The molecule has 0 bridgehead atoms. The maximum atomic E-state index is 12.3. The molecule has 0 aliphatic heterocycles. The van der Waals surface area contributed by atoms with Crippen LogP contribution in [0.4, 0.5) is 0 Å². The Morgan fingerprint density at radius 1 is 1.36 bits per heavy atom. The Bertz CT molecular complexity index is 818. The first kappa shape index (κ1) is 22.1. The predicted octanol–water partition coefficient (Wildman–Crippen LogP) is 4.66. The van der Waals surface area contributed by atoms with Gasteiger partial charge in [0.15, 0.2) is 0 Å². The van der Waals surface area contributed by atoms with Crippen LogP contribution in [0.5, 0.6) is 0 Å². The molecule has 1 fully saturated rings. The first-order valence-electron chi connectivity index (χ1n) is 9.31. The minimum Gasteiger partial charge on any atom is -0.348 e. The van der Waals surface area contributed by atoms with Crippen molar-refractivity contribution >= 4 is 40.0 Å². The lowest BCUT2D eigenvalue weighted by molar-refractivity contribution is -0.115. The number of nitrogens with zero attached hydrogens (tertiary/aromatic N) is 2. The number of carbonyl (C=O) groups is 1. The smallest absolute Gasteiger partial charge is 0.269 e. The van der Waals surface area contributed by atoms with Gasteiger partial charge in [0.2, 0.25) is 0 Å². The van der Waals surface area contributed by atoms with E-state index in [9.17, 15) is 4.79 Å². The second-order valence-corrected chi connectivity index (χ2v) is 7.76. The molecule has 1 saturated carbocycles. The van der Waals surface area contributed by atoms with E-state index in [4.69, 9.17) is 33.9 Å². The quantitative estimate of drug-likeness (QED) is 0.630. The second kappa shape index (κ2) is 11.0. The van der Waals surface area contributed by atoms with Crippen LogP contribution in [0.25, 0.3) is 0 Å². The van der Waals surface area contributed by atoms with E-state index >= 15 is 0 Å². The van der Waals surface area contributed by atoms with Crippen molar-refractivity contribution < 1.29 is 4.79 Å². The normalized spacial score (nSPS) is 20.0. The van der Waals surface area contributed by atoms with Crippen LogP contribution in [0.2, 0.25) is 5.02 Å². The van der Waals surface area contributed by atoms with E-state index in [1.165, 1.54) is 12.2 Å². The number of nitriles is 1. The maximum absolute atomic E-state index is 12.3. The van der Waals surface area contributed by atoms with Gasteiger partial charge < -0.3 is 5.32 Å². The Kier molecular flexibility index (Phi) is 8.69. The highest BCUT2D eigenvalue weighted by atomic mass is 35.5. The lowest BCUT2D eigenvalue weighted by atomic mass is 9.82. The summed E-state index contributed by atoms with van der Waals surface area (Å²) in [5, 5.41) is 19.5. The minimum absolute atomic E-state index is 0.141. The van der Waals surface area contributed by atoms with Crippen LogP contribution in [-0.4, -0.2) is 29.9 Å². The highest BCUT2D eigenvalue weighted by Gasteiger charge is 2.23. The average Bonchev–Trinajstić information content (AvgIpc) is 2.68. The van der Waals surface area contributed by atoms with E-state index in [0.717, 1.165) is 44.1 Å². The van der Waals surface area contributed by atoms with Crippen LogP contribution >= 0.6 is 23.2 Å². The molecule has 7 heteroatoms. The van der Waals surface area contributed by atoms with E-state index in [0.29, 0.717) is 16.5 Å². The Hall–Kier alpha value is -2.16. The van der Waals surface area contributed by atoms with Gasteiger partial charge in [-0.05, 0) is 74.3 Å². The van der Waals surface area contributed by atoms with E-state index in [1.54, 1.807) is 13.1 Å². The summed E-state index contributed by atoms with van der Waals surface area (Å²) < 4.78 is 0. The molecule has 2 N–H and O–H groups in total.